The molecule has 5 nitrogen and oxygen atoms in total. The van der Waals surface area contributed by atoms with E-state index in [4.69, 9.17) is 10.3 Å². The Kier molecular flexibility index (Phi) is 4.11. The average molecular weight is 312 g/mol. The zero-order chi connectivity index (χ0) is 13.1. The van der Waals surface area contributed by atoms with Crippen LogP contribution in [0.2, 0.25) is 0 Å². The number of benzene rings is 1. The first kappa shape index (κ1) is 13.2. The number of rotatable bonds is 4. The van der Waals surface area contributed by atoms with Crippen molar-refractivity contribution >= 4 is 15.9 Å². The van der Waals surface area contributed by atoms with Gasteiger partial charge in [-0.15, -0.1) is 0 Å². The Morgan fingerprint density at radius 1 is 1.50 bits per heavy atom. The van der Waals surface area contributed by atoms with E-state index in [9.17, 15) is 5.11 Å². The normalized spacial score (nSPS) is 12.7. The van der Waals surface area contributed by atoms with Gasteiger partial charge in [0.1, 0.15) is 6.10 Å². The molecule has 0 aliphatic heterocycles. The Balaban J connectivity index is 2.29. The third kappa shape index (κ3) is 2.77. The fraction of sp³-hybridized carbons (Fsp3) is 0.333. The molecule has 0 radical (unpaired) electrons. The third-order valence-electron chi connectivity index (χ3n) is 2.53. The molecule has 2 rings (SSSR count). The van der Waals surface area contributed by atoms with E-state index < -0.39 is 6.10 Å². The molecule has 1 aromatic heterocycles. The SMILES string of the molecule is Cc1ccc(-c2noc([C@@H](O)CCN)n2)c(Br)c1. The molecule has 0 saturated heterocycles. The first-order valence-corrected chi connectivity index (χ1v) is 6.39. The van der Waals surface area contributed by atoms with Gasteiger partial charge >= 0.3 is 0 Å². The van der Waals surface area contributed by atoms with Gasteiger partial charge in [0.2, 0.25) is 5.82 Å². The molecule has 1 atom stereocenters. The molecule has 0 amide bonds. The van der Waals surface area contributed by atoms with Crippen molar-refractivity contribution in [3.8, 4) is 11.4 Å². The lowest BCUT2D eigenvalue weighted by atomic mass is 10.1. The molecule has 0 spiro atoms. The predicted molar refractivity (Wildman–Crippen MR) is 70.8 cm³/mol. The monoisotopic (exact) mass is 311 g/mol. The maximum Gasteiger partial charge on any atom is 0.255 e. The summed E-state index contributed by atoms with van der Waals surface area (Å²) in [6.07, 6.45) is -0.406. The summed E-state index contributed by atoms with van der Waals surface area (Å²) in [5.41, 5.74) is 7.33. The van der Waals surface area contributed by atoms with E-state index in [0.29, 0.717) is 18.8 Å². The number of hydrogen-bond acceptors (Lipinski definition) is 5. The van der Waals surface area contributed by atoms with Crippen molar-refractivity contribution < 1.29 is 9.63 Å². The lowest BCUT2D eigenvalue weighted by molar-refractivity contribution is 0.127. The minimum atomic E-state index is -0.805. The van der Waals surface area contributed by atoms with E-state index in [-0.39, 0.29) is 5.89 Å². The van der Waals surface area contributed by atoms with Crippen LogP contribution in [0.1, 0.15) is 24.0 Å². The summed E-state index contributed by atoms with van der Waals surface area (Å²) in [7, 11) is 0. The van der Waals surface area contributed by atoms with Crippen LogP contribution in [0.4, 0.5) is 0 Å². The van der Waals surface area contributed by atoms with Gasteiger partial charge < -0.3 is 15.4 Å². The summed E-state index contributed by atoms with van der Waals surface area (Å²) in [5.74, 6) is 0.649. The van der Waals surface area contributed by atoms with Crippen LogP contribution in [0.3, 0.4) is 0 Å². The number of nitrogens with two attached hydrogens (primary N) is 1. The Morgan fingerprint density at radius 2 is 2.28 bits per heavy atom. The molecule has 0 unspecified atom stereocenters. The van der Waals surface area contributed by atoms with E-state index in [0.717, 1.165) is 15.6 Å². The van der Waals surface area contributed by atoms with Crippen LogP contribution in [0.25, 0.3) is 11.4 Å². The van der Waals surface area contributed by atoms with E-state index in [1.807, 2.05) is 25.1 Å². The molecule has 6 heteroatoms. The molecule has 0 bridgehead atoms. The topological polar surface area (TPSA) is 85.2 Å². The summed E-state index contributed by atoms with van der Waals surface area (Å²) in [6, 6.07) is 5.84. The van der Waals surface area contributed by atoms with Gasteiger partial charge in [-0.05, 0) is 37.6 Å². The Bertz CT molecular complexity index is 542. The van der Waals surface area contributed by atoms with Crippen LogP contribution in [0.5, 0.6) is 0 Å². The highest BCUT2D eigenvalue weighted by molar-refractivity contribution is 9.10. The van der Waals surface area contributed by atoms with Crippen molar-refractivity contribution in [2.45, 2.75) is 19.4 Å². The Hall–Kier alpha value is -1.24. The van der Waals surface area contributed by atoms with Gasteiger partial charge in [0, 0.05) is 10.0 Å². The first-order valence-electron chi connectivity index (χ1n) is 5.60. The highest BCUT2D eigenvalue weighted by Gasteiger charge is 2.17. The Morgan fingerprint density at radius 3 is 2.94 bits per heavy atom. The molecular formula is C12H14BrN3O2. The predicted octanol–water partition coefficient (Wildman–Crippen LogP) is 2.19. The van der Waals surface area contributed by atoms with E-state index in [1.165, 1.54) is 0 Å². The van der Waals surface area contributed by atoms with Gasteiger partial charge in [-0.2, -0.15) is 4.98 Å². The molecule has 3 N–H and O–H groups in total. The third-order valence-corrected chi connectivity index (χ3v) is 3.19. The van der Waals surface area contributed by atoms with Crippen molar-refractivity contribution in [3.05, 3.63) is 34.1 Å². The Labute approximate surface area is 113 Å². The summed E-state index contributed by atoms with van der Waals surface area (Å²) >= 11 is 3.46. The molecule has 1 aromatic carbocycles. The molecule has 1 heterocycles. The standard InChI is InChI=1S/C12H14BrN3O2/c1-7-2-3-8(9(13)6-7)11-15-12(18-16-11)10(17)4-5-14/h2-3,6,10,17H,4-5,14H2,1H3/t10-/m0/s1. The number of aliphatic hydroxyl groups excluding tert-OH is 1. The summed E-state index contributed by atoms with van der Waals surface area (Å²) in [4.78, 5) is 4.18. The van der Waals surface area contributed by atoms with E-state index in [1.54, 1.807) is 0 Å². The first-order chi connectivity index (χ1) is 8.61. The lowest BCUT2D eigenvalue weighted by Gasteiger charge is -2.02. The highest BCUT2D eigenvalue weighted by atomic mass is 79.9. The summed E-state index contributed by atoms with van der Waals surface area (Å²) in [6.45, 7) is 2.37. The fourth-order valence-corrected chi connectivity index (χ4v) is 2.23. The van der Waals surface area contributed by atoms with Crippen LogP contribution < -0.4 is 5.73 Å². The number of nitrogens with zero attached hydrogens (tertiary/aromatic N) is 2. The van der Waals surface area contributed by atoms with Gasteiger partial charge in [0.05, 0.1) is 0 Å². The molecule has 0 aliphatic carbocycles. The van der Waals surface area contributed by atoms with E-state index >= 15 is 0 Å². The van der Waals surface area contributed by atoms with Gasteiger partial charge in [-0.3, -0.25) is 0 Å². The second-order valence-corrected chi connectivity index (χ2v) is 4.89. The van der Waals surface area contributed by atoms with Gasteiger partial charge in [0.25, 0.3) is 5.89 Å². The number of halogens is 1. The zero-order valence-corrected chi connectivity index (χ0v) is 11.5. The minimum absolute atomic E-state index is 0.197. The number of hydrogen-bond donors (Lipinski definition) is 2. The number of aliphatic hydroxyl groups is 1. The van der Waals surface area contributed by atoms with Crippen molar-refractivity contribution in [1.29, 1.82) is 0 Å². The lowest BCUT2D eigenvalue weighted by Crippen LogP contribution is -2.06. The second kappa shape index (κ2) is 5.60. The van der Waals surface area contributed by atoms with Gasteiger partial charge in [-0.1, -0.05) is 27.2 Å². The second-order valence-electron chi connectivity index (χ2n) is 4.03. The van der Waals surface area contributed by atoms with Crippen molar-refractivity contribution in [2.75, 3.05) is 6.54 Å². The molecule has 96 valence electrons. The quantitative estimate of drug-likeness (QED) is 0.904. The smallest absolute Gasteiger partial charge is 0.255 e. The molecule has 0 saturated carbocycles. The number of aromatic nitrogens is 2. The van der Waals surface area contributed by atoms with Crippen LogP contribution in [-0.2, 0) is 0 Å². The van der Waals surface area contributed by atoms with Crippen LogP contribution in [-0.4, -0.2) is 21.8 Å². The molecular weight excluding hydrogens is 298 g/mol. The molecule has 18 heavy (non-hydrogen) atoms. The summed E-state index contributed by atoms with van der Waals surface area (Å²) in [5, 5.41) is 13.6. The molecule has 2 aromatic rings. The summed E-state index contributed by atoms with van der Waals surface area (Å²) < 4.78 is 5.92. The van der Waals surface area contributed by atoms with E-state index in [2.05, 4.69) is 26.1 Å². The van der Waals surface area contributed by atoms with Gasteiger partial charge in [0.15, 0.2) is 0 Å². The zero-order valence-electron chi connectivity index (χ0n) is 9.93. The highest BCUT2D eigenvalue weighted by Crippen LogP contribution is 2.28. The van der Waals surface area contributed by atoms with Crippen LogP contribution in [0, 0.1) is 6.92 Å². The van der Waals surface area contributed by atoms with Crippen molar-refractivity contribution in [1.82, 2.24) is 10.1 Å². The van der Waals surface area contributed by atoms with Gasteiger partial charge in [-0.25, -0.2) is 0 Å². The maximum atomic E-state index is 9.71. The molecule has 0 aliphatic rings. The molecule has 0 fully saturated rings. The largest absolute Gasteiger partial charge is 0.383 e. The number of aryl methyl sites for hydroxylation is 1. The van der Waals surface area contributed by atoms with Crippen LogP contribution in [0.15, 0.2) is 27.2 Å². The van der Waals surface area contributed by atoms with Crippen molar-refractivity contribution in [3.63, 3.8) is 0 Å². The average Bonchev–Trinajstić information content (AvgIpc) is 2.78. The fourth-order valence-electron chi connectivity index (χ4n) is 1.56. The van der Waals surface area contributed by atoms with Crippen LogP contribution >= 0.6 is 15.9 Å². The maximum absolute atomic E-state index is 9.71. The minimum Gasteiger partial charge on any atom is -0.383 e. The van der Waals surface area contributed by atoms with Crippen molar-refractivity contribution in [2.24, 2.45) is 5.73 Å².